The quantitative estimate of drug-likeness (QED) is 0.816. The van der Waals surface area contributed by atoms with Crippen molar-refractivity contribution in [3.05, 3.63) is 0 Å². The van der Waals surface area contributed by atoms with Crippen LogP contribution in [0.3, 0.4) is 0 Å². The van der Waals surface area contributed by atoms with Gasteiger partial charge >= 0.3 is 0 Å². The maximum absolute atomic E-state index is 12.5. The Labute approximate surface area is 111 Å². The maximum atomic E-state index is 12.5. The topological polar surface area (TPSA) is 32.3 Å². The molecule has 1 saturated carbocycles. The summed E-state index contributed by atoms with van der Waals surface area (Å²) in [5, 5.41) is 3.54. The van der Waals surface area contributed by atoms with Crippen LogP contribution in [0.25, 0.3) is 0 Å². The molecule has 3 heteroatoms. The van der Waals surface area contributed by atoms with E-state index >= 15 is 0 Å². The summed E-state index contributed by atoms with van der Waals surface area (Å²) in [5.41, 5.74) is 0. The summed E-state index contributed by atoms with van der Waals surface area (Å²) >= 11 is 0. The summed E-state index contributed by atoms with van der Waals surface area (Å²) in [6.07, 6.45) is 7.84. The minimum atomic E-state index is 0.0444. The van der Waals surface area contributed by atoms with Crippen LogP contribution in [-0.2, 0) is 4.79 Å². The number of hydrogen-bond acceptors (Lipinski definition) is 2. The second-order valence-corrected chi connectivity index (χ2v) is 6.33. The summed E-state index contributed by atoms with van der Waals surface area (Å²) in [6.45, 7) is 7.46. The first-order chi connectivity index (χ1) is 8.63. The van der Waals surface area contributed by atoms with Gasteiger partial charge in [-0.25, -0.2) is 0 Å². The highest BCUT2D eigenvalue weighted by atomic mass is 16.2. The highest BCUT2D eigenvalue weighted by molar-refractivity contribution is 5.84. The molecule has 1 N–H and O–H groups in total. The zero-order chi connectivity index (χ0) is 13.1. The number of rotatable bonds is 5. The Hall–Kier alpha value is -0.570. The normalized spacial score (nSPS) is 29.8. The summed E-state index contributed by atoms with van der Waals surface area (Å²) in [6, 6.07) is 0.0444. The molecule has 2 aliphatic rings. The van der Waals surface area contributed by atoms with Crippen LogP contribution in [0.2, 0.25) is 0 Å². The van der Waals surface area contributed by atoms with E-state index in [1.54, 1.807) is 0 Å². The first-order valence-corrected chi connectivity index (χ1v) is 7.70. The molecule has 0 radical (unpaired) electrons. The van der Waals surface area contributed by atoms with Gasteiger partial charge in [0.25, 0.3) is 0 Å². The van der Waals surface area contributed by atoms with E-state index in [1.165, 1.54) is 25.7 Å². The van der Waals surface area contributed by atoms with Gasteiger partial charge in [-0.05, 0) is 31.1 Å². The highest BCUT2D eigenvalue weighted by Crippen LogP contribution is 2.28. The summed E-state index contributed by atoms with van der Waals surface area (Å²) in [5.74, 6) is 1.49. The number of hydrogen-bond donors (Lipinski definition) is 1. The molecule has 0 aromatic rings. The van der Waals surface area contributed by atoms with Crippen LogP contribution in [-0.4, -0.2) is 29.6 Å². The third kappa shape index (κ3) is 2.87. The smallest absolute Gasteiger partial charge is 0.241 e. The van der Waals surface area contributed by atoms with Crippen molar-refractivity contribution in [3.8, 4) is 0 Å². The van der Waals surface area contributed by atoms with Gasteiger partial charge in [0.05, 0.1) is 12.2 Å². The summed E-state index contributed by atoms with van der Waals surface area (Å²) < 4.78 is 0. The van der Waals surface area contributed by atoms with Crippen molar-refractivity contribution in [2.75, 3.05) is 6.54 Å². The summed E-state index contributed by atoms with van der Waals surface area (Å²) in [4.78, 5) is 14.6. The van der Waals surface area contributed by atoms with Gasteiger partial charge in [-0.1, -0.05) is 40.0 Å². The first-order valence-electron chi connectivity index (χ1n) is 7.70. The van der Waals surface area contributed by atoms with Crippen molar-refractivity contribution in [1.29, 1.82) is 0 Å². The van der Waals surface area contributed by atoms with Gasteiger partial charge in [0.15, 0.2) is 0 Å². The molecule has 104 valence electrons. The van der Waals surface area contributed by atoms with E-state index in [-0.39, 0.29) is 12.2 Å². The van der Waals surface area contributed by atoms with Crippen molar-refractivity contribution < 1.29 is 4.79 Å². The minimum absolute atomic E-state index is 0.0444. The molecule has 3 nitrogen and oxygen atoms in total. The van der Waals surface area contributed by atoms with Crippen molar-refractivity contribution in [3.63, 3.8) is 0 Å². The third-order valence-electron chi connectivity index (χ3n) is 4.46. The Morgan fingerprint density at radius 3 is 2.56 bits per heavy atom. The molecule has 1 amide bonds. The number of carbonyl (C=O) groups is 1. The molecule has 0 aromatic heterocycles. The fraction of sp³-hybridized carbons (Fsp3) is 0.933. The average molecular weight is 252 g/mol. The zero-order valence-corrected chi connectivity index (χ0v) is 12.1. The van der Waals surface area contributed by atoms with E-state index in [9.17, 15) is 4.79 Å². The van der Waals surface area contributed by atoms with Crippen LogP contribution in [0.4, 0.5) is 0 Å². The summed E-state index contributed by atoms with van der Waals surface area (Å²) in [7, 11) is 0. The molecule has 0 bridgehead atoms. The van der Waals surface area contributed by atoms with Crippen LogP contribution in [0.1, 0.15) is 59.3 Å². The largest absolute Gasteiger partial charge is 0.326 e. The van der Waals surface area contributed by atoms with Gasteiger partial charge in [0, 0.05) is 6.54 Å². The van der Waals surface area contributed by atoms with E-state index in [4.69, 9.17) is 0 Å². The SMILES string of the molecule is CCCC1NC(C(C)C)C(=O)N1CC1CCCC1. The molecule has 2 fully saturated rings. The van der Waals surface area contributed by atoms with Gasteiger partial charge in [0.2, 0.25) is 5.91 Å². The van der Waals surface area contributed by atoms with E-state index in [2.05, 4.69) is 31.0 Å². The fourth-order valence-electron chi connectivity index (χ4n) is 3.38. The average Bonchev–Trinajstić information content (AvgIpc) is 2.92. The Bertz CT molecular complexity index is 284. The number of amides is 1. The molecular weight excluding hydrogens is 224 g/mol. The van der Waals surface area contributed by atoms with Crippen LogP contribution in [0, 0.1) is 11.8 Å². The lowest BCUT2D eigenvalue weighted by atomic mass is 10.0. The third-order valence-corrected chi connectivity index (χ3v) is 4.46. The van der Waals surface area contributed by atoms with Gasteiger partial charge < -0.3 is 4.90 Å². The fourth-order valence-corrected chi connectivity index (χ4v) is 3.38. The van der Waals surface area contributed by atoms with Crippen LogP contribution < -0.4 is 5.32 Å². The monoisotopic (exact) mass is 252 g/mol. The lowest BCUT2D eigenvalue weighted by molar-refractivity contribution is -0.131. The van der Waals surface area contributed by atoms with Gasteiger partial charge in [-0.2, -0.15) is 0 Å². The number of nitrogens with zero attached hydrogens (tertiary/aromatic N) is 1. The second kappa shape index (κ2) is 6.05. The molecule has 1 aliphatic heterocycles. The van der Waals surface area contributed by atoms with E-state index in [0.717, 1.165) is 25.3 Å². The predicted octanol–water partition coefficient (Wildman–Crippen LogP) is 2.76. The highest BCUT2D eigenvalue weighted by Gasteiger charge is 2.40. The van der Waals surface area contributed by atoms with Crippen molar-refractivity contribution in [2.24, 2.45) is 11.8 Å². The zero-order valence-electron chi connectivity index (χ0n) is 12.1. The molecular formula is C15H28N2O. The van der Waals surface area contributed by atoms with Crippen molar-refractivity contribution in [2.45, 2.75) is 71.5 Å². The van der Waals surface area contributed by atoms with E-state index < -0.39 is 0 Å². The molecule has 0 spiro atoms. The molecule has 0 aromatic carbocycles. The standard InChI is InChI=1S/C15H28N2O/c1-4-7-13-16-14(11(2)3)15(18)17(13)10-12-8-5-6-9-12/h11-14,16H,4-10H2,1-3H3. The molecule has 1 saturated heterocycles. The second-order valence-electron chi connectivity index (χ2n) is 6.33. The van der Waals surface area contributed by atoms with Crippen LogP contribution in [0.15, 0.2) is 0 Å². The molecule has 2 rings (SSSR count). The van der Waals surface area contributed by atoms with Crippen molar-refractivity contribution in [1.82, 2.24) is 10.2 Å². The van der Waals surface area contributed by atoms with Gasteiger partial charge in [0.1, 0.15) is 0 Å². The first kappa shape index (κ1) is 13.9. The predicted molar refractivity (Wildman–Crippen MR) is 74.1 cm³/mol. The van der Waals surface area contributed by atoms with E-state index in [0.29, 0.717) is 11.8 Å². The lowest BCUT2D eigenvalue weighted by Crippen LogP contribution is -2.39. The van der Waals surface area contributed by atoms with Crippen LogP contribution in [0.5, 0.6) is 0 Å². The molecule has 1 aliphatic carbocycles. The Balaban J connectivity index is 2.01. The minimum Gasteiger partial charge on any atom is -0.326 e. The Morgan fingerprint density at radius 1 is 1.33 bits per heavy atom. The molecule has 2 atom stereocenters. The molecule has 18 heavy (non-hydrogen) atoms. The van der Waals surface area contributed by atoms with Gasteiger partial charge in [-0.15, -0.1) is 0 Å². The van der Waals surface area contributed by atoms with Crippen molar-refractivity contribution >= 4 is 5.91 Å². The number of nitrogens with one attached hydrogen (secondary N) is 1. The Morgan fingerprint density at radius 2 is 2.00 bits per heavy atom. The van der Waals surface area contributed by atoms with Gasteiger partial charge in [-0.3, -0.25) is 10.1 Å². The number of carbonyl (C=O) groups excluding carboxylic acids is 1. The lowest BCUT2D eigenvalue weighted by Gasteiger charge is -2.26. The molecule has 2 unspecified atom stereocenters. The maximum Gasteiger partial charge on any atom is 0.241 e. The molecule has 1 heterocycles. The van der Waals surface area contributed by atoms with E-state index in [1.807, 2.05) is 0 Å². The Kier molecular flexibility index (Phi) is 4.66. The van der Waals surface area contributed by atoms with Crippen LogP contribution >= 0.6 is 0 Å².